The summed E-state index contributed by atoms with van der Waals surface area (Å²) in [7, 11) is -3.81. The number of carbonyl (C=O) groups excluding carboxylic acids is 1. The molecule has 0 radical (unpaired) electrons. The molecular weight excluding hydrogens is 376 g/mol. The van der Waals surface area contributed by atoms with Crippen LogP contribution < -0.4 is 10.0 Å². The molecule has 0 bridgehead atoms. The normalized spacial score (nSPS) is 13.6. The zero-order valence-corrected chi connectivity index (χ0v) is 17.5. The molecule has 0 fully saturated rings. The van der Waals surface area contributed by atoms with E-state index in [1.165, 1.54) is 12.1 Å². The summed E-state index contributed by atoms with van der Waals surface area (Å²) in [5, 5.41) is 12.2. The molecular formula is C21H28N2O4S. The molecule has 0 aromatic heterocycles. The maximum atomic E-state index is 12.7. The van der Waals surface area contributed by atoms with Crippen molar-refractivity contribution in [1.82, 2.24) is 5.32 Å². The molecule has 0 aliphatic carbocycles. The molecule has 7 heteroatoms. The van der Waals surface area contributed by atoms with Crippen molar-refractivity contribution in [2.24, 2.45) is 5.92 Å². The first-order valence-electron chi connectivity index (χ1n) is 9.25. The molecule has 0 unspecified atom stereocenters. The molecule has 2 atom stereocenters. The quantitative estimate of drug-likeness (QED) is 0.629. The number of hydrogen-bond donors (Lipinski definition) is 3. The lowest BCUT2D eigenvalue weighted by atomic mass is 10.0. The molecule has 1 amide bonds. The molecule has 0 saturated carbocycles. The van der Waals surface area contributed by atoms with E-state index >= 15 is 0 Å². The zero-order chi connectivity index (χ0) is 20.9. The van der Waals surface area contributed by atoms with Crippen molar-refractivity contribution < 1.29 is 18.3 Å². The lowest BCUT2D eigenvalue weighted by Crippen LogP contribution is -2.30. The molecule has 0 spiro atoms. The van der Waals surface area contributed by atoms with E-state index in [9.17, 15) is 18.3 Å². The summed E-state index contributed by atoms with van der Waals surface area (Å²) < 4.78 is 28.0. The molecule has 0 aliphatic heterocycles. The highest BCUT2D eigenvalue weighted by Crippen LogP contribution is 2.20. The Morgan fingerprint density at radius 3 is 2.46 bits per heavy atom. The van der Waals surface area contributed by atoms with Crippen LogP contribution in [0.3, 0.4) is 0 Å². The number of aryl methyl sites for hydroxylation is 2. The second-order valence-corrected chi connectivity index (χ2v) is 9.03. The molecule has 6 nitrogen and oxygen atoms in total. The third-order valence-electron chi connectivity index (χ3n) is 4.39. The number of anilines is 1. The first-order valence-corrected chi connectivity index (χ1v) is 10.7. The standard InChI is InChI=1S/C21H28N2O4S/c1-14-6-5-7-18(11-14)23-28(26,27)19-9-8-16(3)20(12-19)21(25)22-13-15(2)10-17(4)24/h5-9,11-12,15,17,23-24H,10,13H2,1-4H3,(H,22,25)/t15-,17+/m0/s1. The minimum atomic E-state index is -3.81. The van der Waals surface area contributed by atoms with Gasteiger partial charge in [-0.15, -0.1) is 0 Å². The number of amides is 1. The predicted octanol–water partition coefficient (Wildman–Crippen LogP) is 3.24. The highest BCUT2D eigenvalue weighted by Gasteiger charge is 2.19. The number of sulfonamides is 1. The van der Waals surface area contributed by atoms with E-state index in [2.05, 4.69) is 10.0 Å². The van der Waals surface area contributed by atoms with Crippen LogP contribution in [0.5, 0.6) is 0 Å². The van der Waals surface area contributed by atoms with E-state index in [0.29, 0.717) is 29.8 Å². The molecule has 2 aromatic rings. The first kappa shape index (κ1) is 21.9. The number of rotatable bonds is 8. The van der Waals surface area contributed by atoms with Crippen molar-refractivity contribution in [3.8, 4) is 0 Å². The Bertz CT molecular complexity index is 939. The molecule has 2 aromatic carbocycles. The van der Waals surface area contributed by atoms with Crippen LogP contribution in [-0.4, -0.2) is 32.1 Å². The molecule has 152 valence electrons. The fourth-order valence-corrected chi connectivity index (χ4v) is 4.04. The number of hydrogen-bond acceptors (Lipinski definition) is 4. The van der Waals surface area contributed by atoms with Gasteiger partial charge in [-0.1, -0.05) is 25.1 Å². The maximum absolute atomic E-state index is 12.7. The first-order chi connectivity index (χ1) is 13.1. The number of aliphatic hydroxyl groups excluding tert-OH is 1. The lowest BCUT2D eigenvalue weighted by Gasteiger charge is -2.15. The van der Waals surface area contributed by atoms with Gasteiger partial charge in [0.2, 0.25) is 0 Å². The van der Waals surface area contributed by atoms with Crippen LogP contribution in [-0.2, 0) is 10.0 Å². The van der Waals surface area contributed by atoms with Crippen molar-refractivity contribution in [1.29, 1.82) is 0 Å². The second-order valence-electron chi connectivity index (χ2n) is 7.35. The van der Waals surface area contributed by atoms with Crippen LogP contribution in [0.15, 0.2) is 47.4 Å². The minimum absolute atomic E-state index is 0.0294. The van der Waals surface area contributed by atoms with Crippen LogP contribution in [0.2, 0.25) is 0 Å². The number of benzene rings is 2. The van der Waals surface area contributed by atoms with Crippen LogP contribution in [0.25, 0.3) is 0 Å². The van der Waals surface area contributed by atoms with Crippen LogP contribution in [0.4, 0.5) is 5.69 Å². The Kier molecular flexibility index (Phi) is 7.21. The van der Waals surface area contributed by atoms with E-state index in [1.54, 1.807) is 38.1 Å². The van der Waals surface area contributed by atoms with E-state index in [4.69, 9.17) is 0 Å². The summed E-state index contributed by atoms with van der Waals surface area (Å²) in [5.74, 6) is -0.221. The van der Waals surface area contributed by atoms with Crippen molar-refractivity contribution in [2.75, 3.05) is 11.3 Å². The molecule has 0 aliphatic rings. The molecule has 0 heterocycles. The van der Waals surface area contributed by atoms with Gasteiger partial charge in [0.1, 0.15) is 0 Å². The summed E-state index contributed by atoms with van der Waals surface area (Å²) in [6.45, 7) is 7.69. The van der Waals surface area contributed by atoms with E-state index in [0.717, 1.165) is 5.56 Å². The lowest BCUT2D eigenvalue weighted by molar-refractivity contribution is 0.0938. The Morgan fingerprint density at radius 2 is 1.82 bits per heavy atom. The highest BCUT2D eigenvalue weighted by molar-refractivity contribution is 7.92. The monoisotopic (exact) mass is 404 g/mol. The van der Waals surface area contributed by atoms with Crippen molar-refractivity contribution in [3.63, 3.8) is 0 Å². The van der Waals surface area contributed by atoms with Crippen molar-refractivity contribution >= 4 is 21.6 Å². The summed E-state index contributed by atoms with van der Waals surface area (Å²) in [4.78, 5) is 12.6. The summed E-state index contributed by atoms with van der Waals surface area (Å²) in [5.41, 5.74) is 2.42. The summed E-state index contributed by atoms with van der Waals surface area (Å²) in [6.07, 6.45) is 0.142. The SMILES string of the molecule is Cc1cccc(NS(=O)(=O)c2ccc(C)c(C(=O)NC[C@@H](C)C[C@@H](C)O)c2)c1. The summed E-state index contributed by atoms with van der Waals surface area (Å²) in [6, 6.07) is 11.6. The predicted molar refractivity (Wildman–Crippen MR) is 111 cm³/mol. The van der Waals surface area contributed by atoms with Gasteiger partial charge in [-0.05, 0) is 68.5 Å². The van der Waals surface area contributed by atoms with Crippen LogP contribution in [0, 0.1) is 19.8 Å². The fourth-order valence-electron chi connectivity index (χ4n) is 2.96. The number of nitrogens with one attached hydrogen (secondary N) is 2. The van der Waals surface area contributed by atoms with Gasteiger partial charge in [0.05, 0.1) is 11.0 Å². The average molecular weight is 405 g/mol. The molecule has 3 N–H and O–H groups in total. The van der Waals surface area contributed by atoms with Gasteiger partial charge in [-0.25, -0.2) is 8.42 Å². The van der Waals surface area contributed by atoms with Crippen LogP contribution in [0.1, 0.15) is 41.8 Å². The fraction of sp³-hybridized carbons (Fsp3) is 0.381. The van der Waals surface area contributed by atoms with Gasteiger partial charge in [-0.3, -0.25) is 9.52 Å². The third kappa shape index (κ3) is 6.07. The Hall–Kier alpha value is -2.38. The number of aliphatic hydroxyl groups is 1. The van der Waals surface area contributed by atoms with E-state index in [-0.39, 0.29) is 16.7 Å². The highest BCUT2D eigenvalue weighted by atomic mass is 32.2. The van der Waals surface area contributed by atoms with Gasteiger partial charge >= 0.3 is 0 Å². The van der Waals surface area contributed by atoms with Gasteiger partial charge in [0.25, 0.3) is 15.9 Å². The van der Waals surface area contributed by atoms with Gasteiger partial charge in [0.15, 0.2) is 0 Å². The summed E-state index contributed by atoms with van der Waals surface area (Å²) >= 11 is 0. The zero-order valence-electron chi connectivity index (χ0n) is 16.7. The number of carbonyl (C=O) groups is 1. The Labute approximate surface area is 167 Å². The smallest absolute Gasteiger partial charge is 0.261 e. The second kappa shape index (κ2) is 9.21. The maximum Gasteiger partial charge on any atom is 0.261 e. The van der Waals surface area contributed by atoms with E-state index < -0.39 is 16.1 Å². The van der Waals surface area contributed by atoms with Crippen molar-refractivity contribution in [3.05, 3.63) is 59.2 Å². The minimum Gasteiger partial charge on any atom is -0.393 e. The van der Waals surface area contributed by atoms with Crippen molar-refractivity contribution in [2.45, 2.75) is 45.1 Å². The Balaban J connectivity index is 2.18. The van der Waals surface area contributed by atoms with Gasteiger partial charge in [-0.2, -0.15) is 0 Å². The molecule has 2 rings (SSSR count). The largest absolute Gasteiger partial charge is 0.393 e. The molecule has 0 saturated heterocycles. The molecule has 28 heavy (non-hydrogen) atoms. The third-order valence-corrected chi connectivity index (χ3v) is 5.77. The van der Waals surface area contributed by atoms with Gasteiger partial charge in [0, 0.05) is 17.8 Å². The topological polar surface area (TPSA) is 95.5 Å². The van der Waals surface area contributed by atoms with Crippen LogP contribution >= 0.6 is 0 Å². The van der Waals surface area contributed by atoms with E-state index in [1.807, 2.05) is 19.9 Å². The average Bonchev–Trinajstić information content (AvgIpc) is 2.59. The van der Waals surface area contributed by atoms with Gasteiger partial charge < -0.3 is 10.4 Å². The Morgan fingerprint density at radius 1 is 1.11 bits per heavy atom.